The van der Waals surface area contributed by atoms with Gasteiger partial charge in [0.1, 0.15) is 6.04 Å². The van der Waals surface area contributed by atoms with Crippen LogP contribution >= 0.6 is 11.6 Å². The molecule has 0 aromatic heterocycles. The van der Waals surface area contributed by atoms with Crippen LogP contribution in [0.2, 0.25) is 5.02 Å². The normalized spacial score (nSPS) is 15.0. The minimum absolute atomic E-state index is 0.0505. The van der Waals surface area contributed by atoms with Gasteiger partial charge in [-0.25, -0.2) is 0 Å². The standard InChI is InChI=1S/C25H31ClN2O2/c1-3-23(25(30)27-21-13-7-8-14-21)28(17-20-12-5-4-10-18(20)2)24(29)16-19-11-6-9-15-22(19)26/h4-6,9-12,15,21,23H,3,7-8,13-14,16-17H2,1-2H3,(H,27,30)/t23-/m1/s1. The Labute approximate surface area is 184 Å². The summed E-state index contributed by atoms with van der Waals surface area (Å²) in [5.41, 5.74) is 2.95. The van der Waals surface area contributed by atoms with Gasteiger partial charge in [0.05, 0.1) is 6.42 Å². The highest BCUT2D eigenvalue weighted by molar-refractivity contribution is 6.31. The molecule has 1 fully saturated rings. The molecule has 0 aliphatic heterocycles. The van der Waals surface area contributed by atoms with E-state index in [-0.39, 0.29) is 24.3 Å². The summed E-state index contributed by atoms with van der Waals surface area (Å²) in [7, 11) is 0. The van der Waals surface area contributed by atoms with Gasteiger partial charge in [0.15, 0.2) is 0 Å². The van der Waals surface area contributed by atoms with Crippen molar-refractivity contribution < 1.29 is 9.59 Å². The summed E-state index contributed by atoms with van der Waals surface area (Å²) in [6.45, 7) is 4.41. The number of nitrogens with one attached hydrogen (secondary N) is 1. The molecule has 3 rings (SSSR count). The van der Waals surface area contributed by atoms with E-state index in [9.17, 15) is 9.59 Å². The first-order chi connectivity index (χ1) is 14.5. The maximum atomic E-state index is 13.4. The third kappa shape index (κ3) is 5.63. The van der Waals surface area contributed by atoms with Crippen LogP contribution in [0.5, 0.6) is 0 Å². The Bertz CT molecular complexity index is 877. The average molecular weight is 427 g/mol. The van der Waals surface area contributed by atoms with Crippen LogP contribution in [0.4, 0.5) is 0 Å². The van der Waals surface area contributed by atoms with Crippen molar-refractivity contribution in [3.63, 3.8) is 0 Å². The predicted octanol–water partition coefficient (Wildman–Crippen LogP) is 5.06. The van der Waals surface area contributed by atoms with Crippen LogP contribution in [0, 0.1) is 6.92 Å². The van der Waals surface area contributed by atoms with Crippen LogP contribution in [0.3, 0.4) is 0 Å². The third-order valence-electron chi connectivity index (χ3n) is 5.99. The average Bonchev–Trinajstić information content (AvgIpc) is 3.24. The van der Waals surface area contributed by atoms with E-state index in [0.717, 1.165) is 42.4 Å². The molecule has 1 saturated carbocycles. The van der Waals surface area contributed by atoms with Crippen molar-refractivity contribution in [2.45, 2.75) is 71.0 Å². The SMILES string of the molecule is CC[C@H](C(=O)NC1CCCC1)N(Cc1ccccc1C)C(=O)Cc1ccccc1Cl. The number of carbonyl (C=O) groups is 2. The number of rotatable bonds is 8. The molecule has 1 N–H and O–H groups in total. The molecule has 0 heterocycles. The molecular weight excluding hydrogens is 396 g/mol. The van der Waals surface area contributed by atoms with Gasteiger partial charge in [0.25, 0.3) is 0 Å². The van der Waals surface area contributed by atoms with Crippen LogP contribution in [-0.4, -0.2) is 28.8 Å². The highest BCUT2D eigenvalue weighted by atomic mass is 35.5. The molecule has 1 atom stereocenters. The Morgan fingerprint density at radius 3 is 2.33 bits per heavy atom. The van der Waals surface area contributed by atoms with Gasteiger partial charge in [-0.3, -0.25) is 9.59 Å². The summed E-state index contributed by atoms with van der Waals surface area (Å²) in [5.74, 6) is -0.134. The van der Waals surface area contributed by atoms with Crippen LogP contribution in [0.1, 0.15) is 55.7 Å². The van der Waals surface area contributed by atoms with Gasteiger partial charge in [-0.2, -0.15) is 0 Å². The number of nitrogens with zero attached hydrogens (tertiary/aromatic N) is 1. The first-order valence-corrected chi connectivity index (χ1v) is 11.2. The second kappa shape index (κ2) is 10.6. The monoisotopic (exact) mass is 426 g/mol. The lowest BCUT2D eigenvalue weighted by molar-refractivity contribution is -0.141. The second-order valence-corrected chi connectivity index (χ2v) is 8.54. The van der Waals surface area contributed by atoms with Gasteiger partial charge in [0.2, 0.25) is 11.8 Å². The molecule has 2 aromatic rings. The van der Waals surface area contributed by atoms with E-state index < -0.39 is 6.04 Å². The van der Waals surface area contributed by atoms with E-state index in [1.807, 2.05) is 56.3 Å². The lowest BCUT2D eigenvalue weighted by Crippen LogP contribution is -2.51. The first-order valence-electron chi connectivity index (χ1n) is 10.9. The zero-order valence-electron chi connectivity index (χ0n) is 17.9. The Morgan fingerprint density at radius 1 is 1.07 bits per heavy atom. The van der Waals surface area contributed by atoms with E-state index in [0.29, 0.717) is 18.0 Å². The second-order valence-electron chi connectivity index (χ2n) is 8.13. The fourth-order valence-electron chi connectivity index (χ4n) is 4.16. The van der Waals surface area contributed by atoms with Crippen LogP contribution in [0.25, 0.3) is 0 Å². The number of halogens is 1. The molecule has 5 heteroatoms. The maximum absolute atomic E-state index is 13.4. The molecular formula is C25H31ClN2O2. The largest absolute Gasteiger partial charge is 0.352 e. The van der Waals surface area contributed by atoms with Crippen molar-refractivity contribution in [2.75, 3.05) is 0 Å². The molecule has 2 aromatic carbocycles. The number of carbonyl (C=O) groups excluding carboxylic acids is 2. The zero-order chi connectivity index (χ0) is 21.5. The number of benzene rings is 2. The highest BCUT2D eigenvalue weighted by Crippen LogP contribution is 2.22. The summed E-state index contributed by atoms with van der Waals surface area (Å²) in [6, 6.07) is 15.1. The minimum Gasteiger partial charge on any atom is -0.352 e. The van der Waals surface area contributed by atoms with E-state index in [1.54, 1.807) is 11.0 Å². The minimum atomic E-state index is -0.500. The lowest BCUT2D eigenvalue weighted by atomic mass is 10.0. The lowest BCUT2D eigenvalue weighted by Gasteiger charge is -2.32. The summed E-state index contributed by atoms with van der Waals surface area (Å²) < 4.78 is 0. The van der Waals surface area contributed by atoms with Crippen molar-refractivity contribution in [1.82, 2.24) is 10.2 Å². The molecule has 160 valence electrons. The molecule has 30 heavy (non-hydrogen) atoms. The molecule has 1 aliphatic carbocycles. The van der Waals surface area contributed by atoms with E-state index in [1.165, 1.54) is 0 Å². The molecule has 4 nitrogen and oxygen atoms in total. The number of hydrogen-bond donors (Lipinski definition) is 1. The fraction of sp³-hybridized carbons (Fsp3) is 0.440. The highest BCUT2D eigenvalue weighted by Gasteiger charge is 2.31. The van der Waals surface area contributed by atoms with Crippen molar-refractivity contribution in [1.29, 1.82) is 0 Å². The van der Waals surface area contributed by atoms with Crippen molar-refractivity contribution in [3.8, 4) is 0 Å². The fourth-order valence-corrected chi connectivity index (χ4v) is 4.37. The quantitative estimate of drug-likeness (QED) is 0.641. The summed E-state index contributed by atoms with van der Waals surface area (Å²) >= 11 is 6.30. The van der Waals surface area contributed by atoms with Crippen molar-refractivity contribution in [2.24, 2.45) is 0 Å². The molecule has 0 radical (unpaired) electrons. The van der Waals surface area contributed by atoms with Crippen molar-refractivity contribution >= 4 is 23.4 Å². The Hall–Kier alpha value is -2.33. The Balaban J connectivity index is 1.84. The van der Waals surface area contributed by atoms with Crippen molar-refractivity contribution in [3.05, 3.63) is 70.2 Å². The van der Waals surface area contributed by atoms with Gasteiger partial charge in [-0.1, -0.05) is 73.8 Å². The topological polar surface area (TPSA) is 49.4 Å². The molecule has 0 bridgehead atoms. The molecule has 0 spiro atoms. The van der Waals surface area contributed by atoms with Gasteiger partial charge in [-0.15, -0.1) is 0 Å². The first kappa shape index (κ1) is 22.4. The van der Waals surface area contributed by atoms with Gasteiger partial charge >= 0.3 is 0 Å². The summed E-state index contributed by atoms with van der Waals surface area (Å²) in [4.78, 5) is 28.3. The molecule has 0 unspecified atom stereocenters. The predicted molar refractivity (Wildman–Crippen MR) is 121 cm³/mol. The van der Waals surface area contributed by atoms with E-state index in [4.69, 9.17) is 11.6 Å². The molecule has 2 amide bonds. The van der Waals surface area contributed by atoms with Gasteiger partial charge < -0.3 is 10.2 Å². The number of amides is 2. The molecule has 0 saturated heterocycles. The van der Waals surface area contributed by atoms with Crippen LogP contribution < -0.4 is 5.32 Å². The number of aryl methyl sites for hydroxylation is 1. The van der Waals surface area contributed by atoms with E-state index in [2.05, 4.69) is 5.32 Å². The summed E-state index contributed by atoms with van der Waals surface area (Å²) in [6.07, 6.45) is 5.10. The maximum Gasteiger partial charge on any atom is 0.243 e. The number of hydrogen-bond acceptors (Lipinski definition) is 2. The van der Waals surface area contributed by atoms with Crippen LogP contribution in [0.15, 0.2) is 48.5 Å². The third-order valence-corrected chi connectivity index (χ3v) is 6.36. The Kier molecular flexibility index (Phi) is 7.92. The zero-order valence-corrected chi connectivity index (χ0v) is 18.6. The van der Waals surface area contributed by atoms with Gasteiger partial charge in [-0.05, 0) is 48.9 Å². The van der Waals surface area contributed by atoms with Gasteiger partial charge in [0, 0.05) is 17.6 Å². The summed E-state index contributed by atoms with van der Waals surface area (Å²) in [5, 5.41) is 3.76. The van der Waals surface area contributed by atoms with Crippen LogP contribution in [-0.2, 0) is 22.6 Å². The molecule has 1 aliphatic rings. The Morgan fingerprint density at radius 2 is 1.70 bits per heavy atom. The van der Waals surface area contributed by atoms with E-state index >= 15 is 0 Å². The smallest absolute Gasteiger partial charge is 0.243 e.